The molecule has 0 radical (unpaired) electrons. The van der Waals surface area contributed by atoms with Crippen LogP contribution in [0.15, 0.2) is 83.3 Å². The molecule has 118 valence electrons. The van der Waals surface area contributed by atoms with Gasteiger partial charge in [-0.15, -0.1) is 0 Å². The molecule has 1 aromatic heterocycles. The van der Waals surface area contributed by atoms with Crippen molar-refractivity contribution in [2.75, 3.05) is 0 Å². The molecule has 3 aromatic carbocycles. The number of halogens is 1. The number of rotatable bonds is 3. The molecule has 0 bridgehead atoms. The fraction of sp³-hybridized carbons (Fsp3) is 0.0476. The molecule has 0 spiro atoms. The number of aromatic hydroxyl groups is 1. The molecule has 0 saturated heterocycles. The summed E-state index contributed by atoms with van der Waals surface area (Å²) >= 11 is 3.50. The second-order valence-electron chi connectivity index (χ2n) is 5.85. The lowest BCUT2D eigenvalue weighted by molar-refractivity contribution is 0.475. The number of para-hydroxylation sites is 1. The van der Waals surface area contributed by atoms with Crippen LogP contribution in [0.2, 0.25) is 0 Å². The van der Waals surface area contributed by atoms with E-state index in [1.807, 2.05) is 12.1 Å². The zero-order valence-corrected chi connectivity index (χ0v) is 14.6. The van der Waals surface area contributed by atoms with E-state index in [-0.39, 0.29) is 0 Å². The number of benzene rings is 3. The van der Waals surface area contributed by atoms with Gasteiger partial charge in [0.05, 0.1) is 0 Å². The first-order valence-electron chi connectivity index (χ1n) is 7.83. The Morgan fingerprint density at radius 3 is 2.29 bits per heavy atom. The van der Waals surface area contributed by atoms with Crippen molar-refractivity contribution in [1.29, 1.82) is 0 Å². The molecule has 0 saturated carbocycles. The van der Waals surface area contributed by atoms with Crippen molar-refractivity contribution in [3.05, 3.63) is 88.9 Å². The molecule has 0 unspecified atom stereocenters. The van der Waals surface area contributed by atoms with Crippen molar-refractivity contribution in [3.63, 3.8) is 0 Å². The van der Waals surface area contributed by atoms with Gasteiger partial charge in [0.2, 0.25) is 0 Å². The van der Waals surface area contributed by atoms with E-state index in [1.165, 1.54) is 22.2 Å². The first kappa shape index (κ1) is 15.0. The van der Waals surface area contributed by atoms with Crippen molar-refractivity contribution >= 4 is 26.8 Å². The highest BCUT2D eigenvalue weighted by molar-refractivity contribution is 9.10. The van der Waals surface area contributed by atoms with Gasteiger partial charge in [0.15, 0.2) is 0 Å². The van der Waals surface area contributed by atoms with Crippen LogP contribution in [0.1, 0.15) is 5.56 Å². The van der Waals surface area contributed by atoms with Crippen LogP contribution in [-0.4, -0.2) is 9.67 Å². The fourth-order valence-corrected chi connectivity index (χ4v) is 3.29. The highest BCUT2D eigenvalue weighted by Gasteiger charge is 2.11. The minimum Gasteiger partial charge on any atom is -0.508 e. The lowest BCUT2D eigenvalue weighted by atomic mass is 10.1. The maximum Gasteiger partial charge on any atom is 0.115 e. The third-order valence-corrected chi connectivity index (χ3v) is 4.76. The van der Waals surface area contributed by atoms with Gasteiger partial charge in [-0.05, 0) is 47.5 Å². The Hall–Kier alpha value is -2.52. The number of phenols is 1. The second-order valence-corrected chi connectivity index (χ2v) is 6.76. The maximum absolute atomic E-state index is 9.50. The summed E-state index contributed by atoms with van der Waals surface area (Å²) in [5.74, 6) is 0.296. The lowest BCUT2D eigenvalue weighted by Crippen LogP contribution is -2.01. The molecule has 0 atom stereocenters. The molecule has 1 N–H and O–H groups in total. The Labute approximate surface area is 149 Å². The summed E-state index contributed by atoms with van der Waals surface area (Å²) in [6.07, 6.45) is 0. The van der Waals surface area contributed by atoms with Gasteiger partial charge in [0.1, 0.15) is 5.75 Å². The van der Waals surface area contributed by atoms with Crippen LogP contribution in [0.4, 0.5) is 0 Å². The fourth-order valence-electron chi connectivity index (χ4n) is 3.02. The minimum atomic E-state index is 0.296. The summed E-state index contributed by atoms with van der Waals surface area (Å²) in [6.45, 7) is 0.763. The van der Waals surface area contributed by atoms with E-state index in [4.69, 9.17) is 0 Å². The van der Waals surface area contributed by atoms with Crippen LogP contribution in [0.5, 0.6) is 5.75 Å². The van der Waals surface area contributed by atoms with Gasteiger partial charge in [-0.3, -0.25) is 0 Å². The number of hydrogen-bond donors (Lipinski definition) is 1. The molecule has 2 nitrogen and oxygen atoms in total. The van der Waals surface area contributed by atoms with Crippen molar-refractivity contribution < 1.29 is 5.11 Å². The van der Waals surface area contributed by atoms with Gasteiger partial charge >= 0.3 is 0 Å². The largest absolute Gasteiger partial charge is 0.508 e. The van der Waals surface area contributed by atoms with Gasteiger partial charge in [0.25, 0.3) is 0 Å². The molecule has 4 aromatic rings. The minimum absolute atomic E-state index is 0.296. The summed E-state index contributed by atoms with van der Waals surface area (Å²) in [5.41, 5.74) is 4.75. The number of phenolic OH excluding ortho intramolecular Hbond substituents is 1. The van der Waals surface area contributed by atoms with Crippen LogP contribution in [0, 0.1) is 0 Å². The molecule has 1 heterocycles. The van der Waals surface area contributed by atoms with Gasteiger partial charge in [-0.2, -0.15) is 0 Å². The van der Waals surface area contributed by atoms with E-state index >= 15 is 0 Å². The van der Waals surface area contributed by atoms with Crippen molar-refractivity contribution in [2.45, 2.75) is 6.54 Å². The van der Waals surface area contributed by atoms with Crippen LogP contribution >= 0.6 is 15.9 Å². The van der Waals surface area contributed by atoms with Gasteiger partial charge < -0.3 is 9.67 Å². The Balaban J connectivity index is 1.86. The molecule has 24 heavy (non-hydrogen) atoms. The molecular formula is C21H16BrNO. The summed E-state index contributed by atoms with van der Waals surface area (Å²) < 4.78 is 3.40. The van der Waals surface area contributed by atoms with Crippen LogP contribution in [-0.2, 0) is 6.54 Å². The lowest BCUT2D eigenvalue weighted by Gasteiger charge is -2.12. The molecule has 0 fully saturated rings. The van der Waals surface area contributed by atoms with E-state index in [0.29, 0.717) is 5.75 Å². The Bertz CT molecular complexity index is 985. The van der Waals surface area contributed by atoms with Crippen LogP contribution in [0.25, 0.3) is 22.2 Å². The van der Waals surface area contributed by atoms with Crippen molar-refractivity contribution in [2.24, 2.45) is 0 Å². The van der Waals surface area contributed by atoms with Crippen molar-refractivity contribution in [3.8, 4) is 17.0 Å². The third-order valence-electron chi connectivity index (χ3n) is 4.23. The molecule has 3 heteroatoms. The Morgan fingerprint density at radius 2 is 1.54 bits per heavy atom. The first-order valence-corrected chi connectivity index (χ1v) is 8.62. The van der Waals surface area contributed by atoms with Gasteiger partial charge in [-0.1, -0.05) is 58.4 Å². The second kappa shape index (κ2) is 6.17. The number of aromatic nitrogens is 1. The van der Waals surface area contributed by atoms with E-state index in [1.54, 1.807) is 12.1 Å². The molecule has 0 aliphatic heterocycles. The van der Waals surface area contributed by atoms with Crippen LogP contribution < -0.4 is 0 Å². The summed E-state index contributed by atoms with van der Waals surface area (Å²) in [5, 5.41) is 10.7. The van der Waals surface area contributed by atoms with E-state index in [9.17, 15) is 5.11 Å². The highest BCUT2D eigenvalue weighted by Crippen LogP contribution is 2.30. The van der Waals surface area contributed by atoms with E-state index < -0.39 is 0 Å². The Kier molecular flexibility index (Phi) is 3.87. The summed E-state index contributed by atoms with van der Waals surface area (Å²) in [4.78, 5) is 0. The smallest absolute Gasteiger partial charge is 0.115 e. The monoisotopic (exact) mass is 377 g/mol. The molecule has 0 amide bonds. The first-order chi connectivity index (χ1) is 11.7. The highest BCUT2D eigenvalue weighted by atomic mass is 79.9. The number of fused-ring (bicyclic) bond motifs is 1. The van der Waals surface area contributed by atoms with Gasteiger partial charge in [-0.25, -0.2) is 0 Å². The number of hydrogen-bond acceptors (Lipinski definition) is 1. The average molecular weight is 378 g/mol. The maximum atomic E-state index is 9.50. The molecular weight excluding hydrogens is 362 g/mol. The SMILES string of the molecule is Oc1ccc(Cn2c(-c3ccc(Br)cc3)cc3ccccc32)cc1. The predicted molar refractivity (Wildman–Crippen MR) is 102 cm³/mol. The van der Waals surface area contributed by atoms with E-state index in [0.717, 1.165) is 16.6 Å². The normalized spacial score (nSPS) is 11.0. The Morgan fingerprint density at radius 1 is 0.833 bits per heavy atom. The summed E-state index contributed by atoms with van der Waals surface area (Å²) in [7, 11) is 0. The zero-order valence-electron chi connectivity index (χ0n) is 13.0. The average Bonchev–Trinajstić information content (AvgIpc) is 2.96. The predicted octanol–water partition coefficient (Wildman–Crippen LogP) is 5.82. The molecule has 0 aliphatic rings. The molecule has 4 rings (SSSR count). The quantitative estimate of drug-likeness (QED) is 0.477. The van der Waals surface area contributed by atoms with Crippen molar-refractivity contribution in [1.82, 2.24) is 4.57 Å². The van der Waals surface area contributed by atoms with Gasteiger partial charge in [0, 0.05) is 27.6 Å². The third kappa shape index (κ3) is 2.83. The standard InChI is InChI=1S/C21H16BrNO/c22-18-9-7-16(8-10-18)21-13-17-3-1-2-4-20(17)23(21)14-15-5-11-19(24)12-6-15/h1-13,24H,14H2. The zero-order chi connectivity index (χ0) is 16.5. The summed E-state index contributed by atoms with van der Waals surface area (Å²) in [6, 6.07) is 26.5. The molecule has 0 aliphatic carbocycles. The van der Waals surface area contributed by atoms with Crippen LogP contribution in [0.3, 0.4) is 0 Å². The van der Waals surface area contributed by atoms with E-state index in [2.05, 4.69) is 75.1 Å². The number of nitrogens with zero attached hydrogens (tertiary/aromatic N) is 1. The topological polar surface area (TPSA) is 25.2 Å².